The molecule has 26 heavy (non-hydrogen) atoms. The van der Waals surface area contributed by atoms with Crippen molar-refractivity contribution in [3.8, 4) is 11.5 Å². The van der Waals surface area contributed by atoms with Crippen molar-refractivity contribution in [3.05, 3.63) is 58.1 Å². The SMILES string of the molecule is CC(C)(C)c1ccc(C(=O)NNC(=O)c2cc(Cl)c3c(c2)OCO3)cc1. The molecule has 3 rings (SSSR count). The van der Waals surface area contributed by atoms with Crippen LogP contribution in [0, 0.1) is 0 Å². The Hall–Kier alpha value is -2.73. The molecule has 0 aliphatic carbocycles. The topological polar surface area (TPSA) is 76.7 Å². The molecule has 2 aromatic carbocycles. The van der Waals surface area contributed by atoms with Crippen molar-refractivity contribution in [3.63, 3.8) is 0 Å². The van der Waals surface area contributed by atoms with E-state index in [2.05, 4.69) is 31.6 Å². The van der Waals surface area contributed by atoms with Gasteiger partial charge in [-0.1, -0.05) is 44.5 Å². The van der Waals surface area contributed by atoms with Crippen LogP contribution in [0.2, 0.25) is 5.02 Å². The van der Waals surface area contributed by atoms with Gasteiger partial charge in [0.1, 0.15) is 0 Å². The number of halogens is 1. The van der Waals surface area contributed by atoms with Gasteiger partial charge in [0.05, 0.1) is 5.02 Å². The number of hydrazine groups is 1. The second-order valence-electron chi connectivity index (χ2n) is 6.93. The second kappa shape index (κ2) is 6.88. The molecule has 0 aromatic heterocycles. The summed E-state index contributed by atoms with van der Waals surface area (Å²) in [5.74, 6) is -0.117. The fraction of sp³-hybridized carbons (Fsp3) is 0.263. The van der Waals surface area contributed by atoms with Gasteiger partial charge in [0, 0.05) is 11.1 Å². The Morgan fingerprint density at radius 2 is 1.58 bits per heavy atom. The molecule has 2 amide bonds. The molecule has 0 unspecified atom stereocenters. The maximum atomic E-state index is 12.2. The van der Waals surface area contributed by atoms with E-state index in [4.69, 9.17) is 21.1 Å². The summed E-state index contributed by atoms with van der Waals surface area (Å²) < 4.78 is 10.4. The first kappa shape index (κ1) is 18.1. The Balaban J connectivity index is 1.64. The monoisotopic (exact) mass is 374 g/mol. The number of rotatable bonds is 2. The molecule has 0 atom stereocenters. The zero-order chi connectivity index (χ0) is 18.9. The lowest BCUT2D eigenvalue weighted by Gasteiger charge is -2.19. The summed E-state index contributed by atoms with van der Waals surface area (Å²) >= 11 is 6.06. The molecular weight excluding hydrogens is 356 g/mol. The number of carbonyl (C=O) groups is 2. The first-order valence-corrected chi connectivity index (χ1v) is 8.44. The number of nitrogens with one attached hydrogen (secondary N) is 2. The lowest BCUT2D eigenvalue weighted by atomic mass is 9.87. The minimum atomic E-state index is -0.509. The average Bonchev–Trinajstić information content (AvgIpc) is 3.08. The van der Waals surface area contributed by atoms with Crippen LogP contribution in [0.15, 0.2) is 36.4 Å². The van der Waals surface area contributed by atoms with Gasteiger partial charge in [-0.15, -0.1) is 0 Å². The van der Waals surface area contributed by atoms with Crippen LogP contribution in [0.25, 0.3) is 0 Å². The maximum Gasteiger partial charge on any atom is 0.269 e. The van der Waals surface area contributed by atoms with Crippen LogP contribution in [0.4, 0.5) is 0 Å². The number of fused-ring (bicyclic) bond motifs is 1. The van der Waals surface area contributed by atoms with Gasteiger partial charge in [0.25, 0.3) is 11.8 Å². The summed E-state index contributed by atoms with van der Waals surface area (Å²) in [5, 5.41) is 0.272. The normalized spacial score (nSPS) is 12.6. The second-order valence-corrected chi connectivity index (χ2v) is 7.33. The molecular formula is C19H19ClN2O4. The van der Waals surface area contributed by atoms with E-state index >= 15 is 0 Å². The minimum absolute atomic E-state index is 0.00183. The molecule has 6 nitrogen and oxygen atoms in total. The van der Waals surface area contributed by atoms with Gasteiger partial charge >= 0.3 is 0 Å². The van der Waals surface area contributed by atoms with Gasteiger partial charge in [-0.25, -0.2) is 0 Å². The molecule has 7 heteroatoms. The first-order valence-electron chi connectivity index (χ1n) is 8.06. The Bertz CT molecular complexity index is 857. The van der Waals surface area contributed by atoms with Crippen molar-refractivity contribution in [2.75, 3.05) is 6.79 Å². The largest absolute Gasteiger partial charge is 0.454 e. The summed E-state index contributed by atoms with van der Waals surface area (Å²) in [6.07, 6.45) is 0. The molecule has 0 fully saturated rings. The molecule has 1 heterocycles. The highest BCUT2D eigenvalue weighted by atomic mass is 35.5. The predicted octanol–water partition coefficient (Wildman–Crippen LogP) is 3.44. The third-order valence-electron chi connectivity index (χ3n) is 3.99. The van der Waals surface area contributed by atoms with E-state index < -0.39 is 11.8 Å². The smallest absolute Gasteiger partial charge is 0.269 e. The first-order chi connectivity index (χ1) is 12.3. The summed E-state index contributed by atoms with van der Waals surface area (Å²) in [6, 6.07) is 10.2. The van der Waals surface area contributed by atoms with E-state index in [1.165, 1.54) is 12.1 Å². The number of hydrogen-bond acceptors (Lipinski definition) is 4. The lowest BCUT2D eigenvalue weighted by Crippen LogP contribution is -2.41. The number of amides is 2. The van der Waals surface area contributed by atoms with Crippen molar-refractivity contribution in [1.82, 2.24) is 10.9 Å². The molecule has 0 radical (unpaired) electrons. The number of hydrogen-bond donors (Lipinski definition) is 2. The number of carbonyl (C=O) groups excluding carboxylic acids is 2. The Labute approximate surface area is 156 Å². The van der Waals surface area contributed by atoms with Crippen molar-refractivity contribution in [2.45, 2.75) is 26.2 Å². The van der Waals surface area contributed by atoms with Crippen LogP contribution in [-0.2, 0) is 5.41 Å². The van der Waals surface area contributed by atoms with Gasteiger partial charge in [0.15, 0.2) is 11.5 Å². The van der Waals surface area contributed by atoms with Crippen LogP contribution < -0.4 is 20.3 Å². The highest BCUT2D eigenvalue weighted by Gasteiger charge is 2.21. The average molecular weight is 375 g/mol. The van der Waals surface area contributed by atoms with E-state index in [9.17, 15) is 9.59 Å². The predicted molar refractivity (Wildman–Crippen MR) is 97.6 cm³/mol. The van der Waals surface area contributed by atoms with Gasteiger partial charge in [-0.2, -0.15) is 0 Å². The van der Waals surface area contributed by atoms with Crippen LogP contribution in [0.1, 0.15) is 47.1 Å². The number of benzene rings is 2. The van der Waals surface area contributed by atoms with E-state index in [0.717, 1.165) is 5.56 Å². The molecule has 0 saturated heterocycles. The van der Waals surface area contributed by atoms with Crippen molar-refractivity contribution in [1.29, 1.82) is 0 Å². The van der Waals surface area contributed by atoms with Crippen molar-refractivity contribution < 1.29 is 19.1 Å². The summed E-state index contributed by atoms with van der Waals surface area (Å²) in [4.78, 5) is 24.4. The lowest BCUT2D eigenvalue weighted by molar-refractivity contribution is 0.0846. The van der Waals surface area contributed by atoms with E-state index in [1.807, 2.05) is 12.1 Å². The third-order valence-corrected chi connectivity index (χ3v) is 4.27. The zero-order valence-electron chi connectivity index (χ0n) is 14.7. The zero-order valence-corrected chi connectivity index (χ0v) is 15.4. The molecule has 0 bridgehead atoms. The molecule has 2 N–H and O–H groups in total. The highest BCUT2D eigenvalue weighted by Crippen LogP contribution is 2.39. The van der Waals surface area contributed by atoms with E-state index in [1.54, 1.807) is 12.1 Å². The Morgan fingerprint density at radius 1 is 0.962 bits per heavy atom. The fourth-order valence-electron chi connectivity index (χ4n) is 2.48. The number of ether oxygens (including phenoxy) is 2. The van der Waals surface area contributed by atoms with Crippen LogP contribution >= 0.6 is 11.6 Å². The minimum Gasteiger partial charge on any atom is -0.454 e. The van der Waals surface area contributed by atoms with Gasteiger partial charge in [-0.05, 0) is 35.2 Å². The Kier molecular flexibility index (Phi) is 4.78. The van der Waals surface area contributed by atoms with E-state index in [0.29, 0.717) is 17.1 Å². The summed E-state index contributed by atoms with van der Waals surface area (Å²) in [7, 11) is 0. The molecule has 0 saturated carbocycles. The molecule has 1 aliphatic heterocycles. The summed E-state index contributed by atoms with van der Waals surface area (Å²) in [5.41, 5.74) is 6.58. The van der Waals surface area contributed by atoms with Crippen LogP contribution in [0.3, 0.4) is 0 Å². The molecule has 2 aromatic rings. The molecule has 0 spiro atoms. The molecule has 136 valence electrons. The van der Waals surface area contributed by atoms with Crippen LogP contribution in [0.5, 0.6) is 11.5 Å². The third kappa shape index (κ3) is 3.75. The van der Waals surface area contributed by atoms with Crippen LogP contribution in [-0.4, -0.2) is 18.6 Å². The summed E-state index contributed by atoms with van der Waals surface area (Å²) in [6.45, 7) is 6.35. The fourth-order valence-corrected chi connectivity index (χ4v) is 2.74. The van der Waals surface area contributed by atoms with Gasteiger partial charge in [-0.3, -0.25) is 20.4 Å². The Morgan fingerprint density at radius 3 is 2.19 bits per heavy atom. The van der Waals surface area contributed by atoms with Gasteiger partial charge < -0.3 is 9.47 Å². The standard InChI is InChI=1S/C19H19ClN2O4/c1-19(2,3)13-6-4-11(5-7-13)17(23)21-22-18(24)12-8-14(20)16-15(9-12)25-10-26-16/h4-9H,10H2,1-3H3,(H,21,23)(H,22,24). The van der Waals surface area contributed by atoms with Gasteiger partial charge in [0.2, 0.25) is 6.79 Å². The maximum absolute atomic E-state index is 12.2. The quantitative estimate of drug-likeness (QED) is 0.789. The highest BCUT2D eigenvalue weighted by molar-refractivity contribution is 6.32. The van der Waals surface area contributed by atoms with Crippen molar-refractivity contribution in [2.24, 2.45) is 0 Å². The molecule has 1 aliphatic rings. The van der Waals surface area contributed by atoms with Crippen molar-refractivity contribution >= 4 is 23.4 Å². The van der Waals surface area contributed by atoms with E-state index in [-0.39, 0.29) is 22.8 Å².